The van der Waals surface area contributed by atoms with Crippen LogP contribution in [0.5, 0.6) is 0 Å². The van der Waals surface area contributed by atoms with E-state index in [0.717, 1.165) is 54.4 Å². The second kappa shape index (κ2) is 7.84. The molecule has 0 amide bonds. The van der Waals surface area contributed by atoms with Crippen molar-refractivity contribution in [3.8, 4) is 5.69 Å². The number of halogens is 1. The summed E-state index contributed by atoms with van der Waals surface area (Å²) in [6.45, 7) is 3.12. The van der Waals surface area contributed by atoms with Crippen LogP contribution in [0.15, 0.2) is 61.1 Å². The lowest BCUT2D eigenvalue weighted by Crippen LogP contribution is -2.46. The van der Waals surface area contributed by atoms with Gasteiger partial charge in [0.05, 0.1) is 22.2 Å². The van der Waals surface area contributed by atoms with E-state index in [2.05, 4.69) is 24.9 Å². The summed E-state index contributed by atoms with van der Waals surface area (Å²) in [5.41, 5.74) is 2.70. The number of piperazine rings is 1. The molecule has 2 aromatic carbocycles. The topological polar surface area (TPSA) is 93.2 Å². The number of hydrogen-bond donors (Lipinski definition) is 0. The molecule has 3 heterocycles. The molecule has 2 aromatic heterocycles. The van der Waals surface area contributed by atoms with Gasteiger partial charge in [0, 0.05) is 49.0 Å². The molecule has 0 radical (unpaired) electrons. The number of nitrogens with zero attached hydrogens (tertiary/aromatic N) is 7. The normalized spacial score (nSPS) is 14.2. The van der Waals surface area contributed by atoms with Gasteiger partial charge in [-0.15, -0.1) is 0 Å². The maximum absolute atomic E-state index is 10.9. The number of nitro benzene ring substituents is 1. The Morgan fingerprint density at radius 1 is 0.871 bits per heavy atom. The highest BCUT2D eigenvalue weighted by Gasteiger charge is 2.22. The van der Waals surface area contributed by atoms with Gasteiger partial charge in [-0.1, -0.05) is 11.6 Å². The molecule has 1 aliphatic rings. The summed E-state index contributed by atoms with van der Waals surface area (Å²) in [4.78, 5) is 23.9. The molecule has 4 aromatic rings. The molecule has 0 atom stereocenters. The lowest BCUT2D eigenvalue weighted by atomic mass is 10.2. The molecular formula is C21H18ClN7O2. The fourth-order valence-corrected chi connectivity index (χ4v) is 3.94. The van der Waals surface area contributed by atoms with Crippen molar-refractivity contribution in [2.45, 2.75) is 0 Å². The summed E-state index contributed by atoms with van der Waals surface area (Å²) >= 11 is 6.00. The van der Waals surface area contributed by atoms with E-state index < -0.39 is 0 Å². The highest BCUT2D eigenvalue weighted by Crippen LogP contribution is 2.27. The van der Waals surface area contributed by atoms with Crippen molar-refractivity contribution in [2.24, 2.45) is 0 Å². The lowest BCUT2D eigenvalue weighted by molar-refractivity contribution is -0.384. The van der Waals surface area contributed by atoms with Crippen LogP contribution in [-0.4, -0.2) is 50.9 Å². The van der Waals surface area contributed by atoms with Crippen molar-refractivity contribution in [3.05, 3.63) is 76.2 Å². The quantitative estimate of drug-likeness (QED) is 0.356. The highest BCUT2D eigenvalue weighted by atomic mass is 35.5. The van der Waals surface area contributed by atoms with Gasteiger partial charge >= 0.3 is 0 Å². The predicted octanol–water partition coefficient (Wildman–Crippen LogP) is 3.70. The number of hydrogen-bond acceptors (Lipinski definition) is 7. The van der Waals surface area contributed by atoms with Gasteiger partial charge in [0.2, 0.25) is 0 Å². The first-order valence-electron chi connectivity index (χ1n) is 9.79. The van der Waals surface area contributed by atoms with Gasteiger partial charge in [-0.2, -0.15) is 5.10 Å². The van der Waals surface area contributed by atoms with Crippen LogP contribution in [-0.2, 0) is 0 Å². The van der Waals surface area contributed by atoms with E-state index in [1.54, 1.807) is 41.5 Å². The van der Waals surface area contributed by atoms with E-state index in [9.17, 15) is 10.1 Å². The minimum atomic E-state index is -0.383. The van der Waals surface area contributed by atoms with Crippen LogP contribution in [0.1, 0.15) is 0 Å². The molecule has 0 saturated carbocycles. The Kier molecular flexibility index (Phi) is 4.87. The van der Waals surface area contributed by atoms with Crippen LogP contribution < -0.4 is 9.80 Å². The molecule has 0 unspecified atom stereocenters. The van der Waals surface area contributed by atoms with Crippen molar-refractivity contribution in [1.29, 1.82) is 0 Å². The number of rotatable bonds is 4. The molecule has 10 heteroatoms. The number of fused-ring (bicyclic) bond motifs is 1. The van der Waals surface area contributed by atoms with Crippen molar-refractivity contribution in [2.75, 3.05) is 36.0 Å². The zero-order valence-electron chi connectivity index (χ0n) is 16.4. The molecule has 1 fully saturated rings. The van der Waals surface area contributed by atoms with Gasteiger partial charge in [0.25, 0.3) is 5.69 Å². The van der Waals surface area contributed by atoms with Crippen LogP contribution in [0.25, 0.3) is 16.7 Å². The molecule has 31 heavy (non-hydrogen) atoms. The van der Waals surface area contributed by atoms with E-state index in [1.165, 1.54) is 0 Å². The average molecular weight is 436 g/mol. The van der Waals surface area contributed by atoms with E-state index in [1.807, 2.05) is 24.3 Å². The molecule has 156 valence electrons. The Labute approximate surface area is 182 Å². The molecule has 9 nitrogen and oxygen atoms in total. The SMILES string of the molecule is O=[N+]([O-])c1ccc(N2CCN(c3ncnc4c3cnn4-c3ccc(Cl)cc3)CC2)cc1. The summed E-state index contributed by atoms with van der Waals surface area (Å²) in [6.07, 6.45) is 3.36. The number of anilines is 2. The van der Waals surface area contributed by atoms with Crippen molar-refractivity contribution < 1.29 is 4.92 Å². The minimum absolute atomic E-state index is 0.100. The van der Waals surface area contributed by atoms with E-state index in [-0.39, 0.29) is 10.6 Å². The third-order valence-corrected chi connectivity index (χ3v) is 5.67. The first-order chi connectivity index (χ1) is 15.1. The number of non-ortho nitro benzene ring substituents is 1. The second-order valence-corrected chi connectivity index (χ2v) is 7.65. The van der Waals surface area contributed by atoms with Crippen molar-refractivity contribution in [3.63, 3.8) is 0 Å². The van der Waals surface area contributed by atoms with E-state index in [4.69, 9.17) is 11.6 Å². The Morgan fingerprint density at radius 2 is 1.52 bits per heavy atom. The summed E-state index contributed by atoms with van der Waals surface area (Å²) in [5.74, 6) is 0.855. The number of benzene rings is 2. The van der Waals surface area contributed by atoms with Crippen LogP contribution in [0.3, 0.4) is 0 Å². The zero-order valence-corrected chi connectivity index (χ0v) is 17.2. The van der Waals surface area contributed by atoms with Crippen molar-refractivity contribution >= 4 is 39.8 Å². The smallest absolute Gasteiger partial charge is 0.269 e. The van der Waals surface area contributed by atoms with E-state index >= 15 is 0 Å². The fourth-order valence-electron chi connectivity index (χ4n) is 3.82. The molecular weight excluding hydrogens is 418 g/mol. The first-order valence-corrected chi connectivity index (χ1v) is 10.2. The lowest BCUT2D eigenvalue weighted by Gasteiger charge is -2.36. The molecule has 0 N–H and O–H groups in total. The van der Waals surface area contributed by atoms with Gasteiger partial charge in [-0.05, 0) is 36.4 Å². The fraction of sp³-hybridized carbons (Fsp3) is 0.190. The Bertz CT molecular complexity index is 1230. The molecule has 0 bridgehead atoms. The van der Waals surface area contributed by atoms with Crippen LogP contribution in [0.4, 0.5) is 17.2 Å². The van der Waals surface area contributed by atoms with E-state index in [0.29, 0.717) is 5.02 Å². The summed E-state index contributed by atoms with van der Waals surface area (Å²) < 4.78 is 1.78. The maximum Gasteiger partial charge on any atom is 0.269 e. The van der Waals surface area contributed by atoms with Crippen molar-refractivity contribution in [1.82, 2.24) is 19.7 Å². The van der Waals surface area contributed by atoms with Gasteiger partial charge in [-0.25, -0.2) is 14.6 Å². The summed E-state index contributed by atoms with van der Waals surface area (Å²) in [7, 11) is 0. The van der Waals surface area contributed by atoms with Gasteiger partial charge in [0.15, 0.2) is 5.65 Å². The van der Waals surface area contributed by atoms with Gasteiger partial charge in [0.1, 0.15) is 12.1 Å². The van der Waals surface area contributed by atoms with Crippen LogP contribution in [0.2, 0.25) is 5.02 Å². The highest BCUT2D eigenvalue weighted by molar-refractivity contribution is 6.30. The summed E-state index contributed by atoms with van der Waals surface area (Å²) in [5, 5.41) is 16.9. The van der Waals surface area contributed by atoms with Crippen LogP contribution >= 0.6 is 11.6 Å². The minimum Gasteiger partial charge on any atom is -0.368 e. The standard InChI is InChI=1S/C21H18ClN7O2/c22-15-1-3-17(4-2-15)28-21-19(13-25-28)20(23-14-24-21)27-11-9-26(10-12-27)16-5-7-18(8-6-16)29(30)31/h1-8,13-14H,9-12H2. The predicted molar refractivity (Wildman–Crippen MR) is 119 cm³/mol. The summed E-state index contributed by atoms with van der Waals surface area (Å²) in [6, 6.07) is 14.1. The Balaban J connectivity index is 1.36. The molecule has 1 aliphatic heterocycles. The Hall–Kier alpha value is -3.72. The third-order valence-electron chi connectivity index (χ3n) is 5.42. The monoisotopic (exact) mass is 435 g/mol. The maximum atomic E-state index is 10.9. The molecule has 0 aliphatic carbocycles. The average Bonchev–Trinajstić information content (AvgIpc) is 3.24. The third kappa shape index (κ3) is 3.64. The van der Waals surface area contributed by atoms with Gasteiger partial charge in [-0.3, -0.25) is 10.1 Å². The second-order valence-electron chi connectivity index (χ2n) is 7.21. The van der Waals surface area contributed by atoms with Crippen LogP contribution in [0, 0.1) is 10.1 Å². The first kappa shape index (κ1) is 19.3. The Morgan fingerprint density at radius 3 is 2.19 bits per heavy atom. The van der Waals surface area contributed by atoms with Gasteiger partial charge < -0.3 is 9.80 Å². The number of nitro groups is 1. The molecule has 0 spiro atoms. The molecule has 1 saturated heterocycles. The zero-order chi connectivity index (χ0) is 21.4. The largest absolute Gasteiger partial charge is 0.368 e. The molecule has 5 rings (SSSR count). The number of aromatic nitrogens is 4.